The van der Waals surface area contributed by atoms with E-state index in [0.717, 1.165) is 30.6 Å². The molecular weight excluding hydrogens is 376 g/mol. The van der Waals surface area contributed by atoms with Crippen LogP contribution < -0.4 is 10.1 Å². The van der Waals surface area contributed by atoms with Gasteiger partial charge in [0.2, 0.25) is 11.8 Å². The molecule has 2 aromatic rings. The number of hydrogen-bond donors (Lipinski definition) is 1. The molecule has 0 aliphatic carbocycles. The van der Waals surface area contributed by atoms with Gasteiger partial charge in [0.1, 0.15) is 11.8 Å². The molecule has 1 atom stereocenters. The maximum Gasteiger partial charge on any atom is 0.242 e. The highest BCUT2D eigenvalue weighted by Gasteiger charge is 2.25. The second-order valence-electron chi connectivity index (χ2n) is 7.41. The number of unbranched alkanes of at least 4 members (excludes halogenated alkanes) is 1. The normalized spacial score (nSPS) is 11.5. The van der Waals surface area contributed by atoms with E-state index in [1.165, 1.54) is 0 Å². The number of benzene rings is 2. The number of carbonyl (C=O) groups is 2. The summed E-state index contributed by atoms with van der Waals surface area (Å²) in [5.41, 5.74) is 1.15. The van der Waals surface area contributed by atoms with Crippen molar-refractivity contribution < 1.29 is 14.3 Å². The molecule has 0 saturated heterocycles. The molecule has 2 rings (SSSR count). The zero-order valence-electron chi connectivity index (χ0n) is 18.2. The Morgan fingerprint density at radius 2 is 1.67 bits per heavy atom. The molecule has 2 amide bonds. The van der Waals surface area contributed by atoms with E-state index >= 15 is 0 Å². The number of amides is 2. The van der Waals surface area contributed by atoms with Gasteiger partial charge in [-0.25, -0.2) is 0 Å². The van der Waals surface area contributed by atoms with Gasteiger partial charge in [-0.15, -0.1) is 0 Å². The molecule has 5 nitrogen and oxygen atoms in total. The van der Waals surface area contributed by atoms with E-state index in [9.17, 15) is 9.59 Å². The van der Waals surface area contributed by atoms with Crippen LogP contribution in [0.4, 0.5) is 0 Å². The van der Waals surface area contributed by atoms with Gasteiger partial charge in [0, 0.05) is 19.5 Å². The third-order valence-corrected chi connectivity index (χ3v) is 5.03. The highest BCUT2D eigenvalue weighted by molar-refractivity contribution is 5.87. The molecular formula is C25H34N2O3. The Bertz CT molecular complexity index is 750. The van der Waals surface area contributed by atoms with Crippen molar-refractivity contribution in [2.24, 2.45) is 0 Å². The molecule has 0 unspecified atom stereocenters. The number of ether oxygens (including phenoxy) is 1. The SMILES string of the molecule is CCCCNC(=O)[C@H](C)N(CCc1ccccc1)C(=O)CCCOc1ccccc1. The van der Waals surface area contributed by atoms with Gasteiger partial charge in [-0.05, 0) is 43.9 Å². The van der Waals surface area contributed by atoms with Crippen molar-refractivity contribution in [3.05, 3.63) is 66.2 Å². The molecule has 0 radical (unpaired) electrons. The van der Waals surface area contributed by atoms with Crippen LogP contribution in [0.2, 0.25) is 0 Å². The van der Waals surface area contributed by atoms with Crippen molar-refractivity contribution in [2.45, 2.75) is 52.0 Å². The summed E-state index contributed by atoms with van der Waals surface area (Å²) in [5, 5.41) is 2.95. The van der Waals surface area contributed by atoms with Gasteiger partial charge in [-0.1, -0.05) is 61.9 Å². The molecule has 162 valence electrons. The smallest absolute Gasteiger partial charge is 0.242 e. The summed E-state index contributed by atoms with van der Waals surface area (Å²) < 4.78 is 5.69. The molecule has 2 aromatic carbocycles. The molecule has 5 heteroatoms. The molecule has 0 heterocycles. The van der Waals surface area contributed by atoms with E-state index in [-0.39, 0.29) is 11.8 Å². The number of para-hydroxylation sites is 1. The molecule has 0 spiro atoms. The third-order valence-electron chi connectivity index (χ3n) is 5.03. The van der Waals surface area contributed by atoms with Crippen LogP contribution in [0.1, 0.15) is 45.1 Å². The van der Waals surface area contributed by atoms with Gasteiger partial charge < -0.3 is 15.0 Å². The fourth-order valence-corrected chi connectivity index (χ4v) is 3.18. The predicted octanol–water partition coefficient (Wildman–Crippen LogP) is 4.22. The Morgan fingerprint density at radius 1 is 1.00 bits per heavy atom. The van der Waals surface area contributed by atoms with Crippen LogP contribution in [-0.2, 0) is 16.0 Å². The average Bonchev–Trinajstić information content (AvgIpc) is 2.78. The van der Waals surface area contributed by atoms with Gasteiger partial charge >= 0.3 is 0 Å². The first-order valence-corrected chi connectivity index (χ1v) is 10.9. The van der Waals surface area contributed by atoms with Crippen molar-refractivity contribution in [3.63, 3.8) is 0 Å². The highest BCUT2D eigenvalue weighted by Crippen LogP contribution is 2.11. The summed E-state index contributed by atoms with van der Waals surface area (Å²) in [6.07, 6.45) is 3.65. The lowest BCUT2D eigenvalue weighted by Crippen LogP contribution is -2.49. The second kappa shape index (κ2) is 13.4. The summed E-state index contributed by atoms with van der Waals surface area (Å²) in [4.78, 5) is 27.2. The van der Waals surface area contributed by atoms with Crippen molar-refractivity contribution >= 4 is 11.8 Å². The minimum Gasteiger partial charge on any atom is -0.494 e. The fraction of sp³-hybridized carbons (Fsp3) is 0.440. The molecule has 30 heavy (non-hydrogen) atoms. The number of carbonyl (C=O) groups excluding carboxylic acids is 2. The molecule has 0 aliphatic rings. The Balaban J connectivity index is 1.90. The Morgan fingerprint density at radius 3 is 2.33 bits per heavy atom. The van der Waals surface area contributed by atoms with Crippen molar-refractivity contribution in [2.75, 3.05) is 19.7 Å². The first-order valence-electron chi connectivity index (χ1n) is 10.9. The van der Waals surface area contributed by atoms with Crippen LogP contribution in [0.25, 0.3) is 0 Å². The number of rotatable bonds is 13. The zero-order chi connectivity index (χ0) is 21.6. The van der Waals surface area contributed by atoms with E-state index < -0.39 is 6.04 Å². The zero-order valence-corrected chi connectivity index (χ0v) is 18.2. The standard InChI is InChI=1S/C25H34N2O3/c1-3-4-18-26-25(29)21(2)27(19-17-22-12-7-5-8-13-22)24(28)16-11-20-30-23-14-9-6-10-15-23/h5-10,12-15,21H,3-4,11,16-20H2,1-2H3,(H,26,29)/t21-/m0/s1. The molecule has 0 aromatic heterocycles. The summed E-state index contributed by atoms with van der Waals surface area (Å²) in [5.74, 6) is 0.695. The van der Waals surface area contributed by atoms with Gasteiger partial charge in [-0.2, -0.15) is 0 Å². The first kappa shape index (κ1) is 23.5. The predicted molar refractivity (Wildman–Crippen MR) is 120 cm³/mol. The van der Waals surface area contributed by atoms with Crippen molar-refractivity contribution in [1.82, 2.24) is 10.2 Å². The molecule has 0 saturated carbocycles. The Kier molecular flexibility index (Phi) is 10.5. The van der Waals surface area contributed by atoms with Gasteiger partial charge in [0.05, 0.1) is 6.61 Å². The lowest BCUT2D eigenvalue weighted by molar-refractivity contribution is -0.140. The second-order valence-corrected chi connectivity index (χ2v) is 7.41. The number of nitrogens with one attached hydrogen (secondary N) is 1. The lowest BCUT2D eigenvalue weighted by Gasteiger charge is -2.29. The summed E-state index contributed by atoms with van der Waals surface area (Å²) in [6.45, 7) is 5.53. The van der Waals surface area contributed by atoms with E-state index in [1.807, 2.05) is 67.6 Å². The van der Waals surface area contributed by atoms with Crippen molar-refractivity contribution in [1.29, 1.82) is 0 Å². The summed E-state index contributed by atoms with van der Waals surface area (Å²) in [6, 6.07) is 19.1. The van der Waals surface area contributed by atoms with Gasteiger partial charge in [-0.3, -0.25) is 9.59 Å². The van der Waals surface area contributed by atoms with E-state index in [4.69, 9.17) is 4.74 Å². The van der Waals surface area contributed by atoms with E-state index in [0.29, 0.717) is 32.5 Å². The largest absolute Gasteiger partial charge is 0.494 e. The minimum atomic E-state index is -0.492. The van der Waals surface area contributed by atoms with Crippen molar-refractivity contribution in [3.8, 4) is 5.75 Å². The van der Waals surface area contributed by atoms with E-state index in [2.05, 4.69) is 12.2 Å². The summed E-state index contributed by atoms with van der Waals surface area (Å²) in [7, 11) is 0. The minimum absolute atomic E-state index is 0.0132. The van der Waals surface area contributed by atoms with Gasteiger partial charge in [0.15, 0.2) is 0 Å². The highest BCUT2D eigenvalue weighted by atomic mass is 16.5. The monoisotopic (exact) mass is 410 g/mol. The number of nitrogens with zero attached hydrogens (tertiary/aromatic N) is 1. The van der Waals surface area contributed by atoms with Crippen LogP contribution in [0.5, 0.6) is 5.75 Å². The number of hydrogen-bond acceptors (Lipinski definition) is 3. The van der Waals surface area contributed by atoms with Crippen LogP contribution in [0, 0.1) is 0 Å². The molecule has 0 aliphatic heterocycles. The maximum absolute atomic E-state index is 12.9. The molecule has 1 N–H and O–H groups in total. The Hall–Kier alpha value is -2.82. The third kappa shape index (κ3) is 8.27. The quantitative estimate of drug-likeness (QED) is 0.503. The molecule has 0 fully saturated rings. The lowest BCUT2D eigenvalue weighted by atomic mass is 10.1. The van der Waals surface area contributed by atoms with Crippen LogP contribution in [0.15, 0.2) is 60.7 Å². The topological polar surface area (TPSA) is 58.6 Å². The summed E-state index contributed by atoms with van der Waals surface area (Å²) >= 11 is 0. The van der Waals surface area contributed by atoms with E-state index in [1.54, 1.807) is 4.90 Å². The average molecular weight is 411 g/mol. The Labute approximate surface area is 180 Å². The molecule has 0 bridgehead atoms. The van der Waals surface area contributed by atoms with Crippen LogP contribution in [0.3, 0.4) is 0 Å². The van der Waals surface area contributed by atoms with Crippen LogP contribution in [-0.4, -0.2) is 42.5 Å². The van der Waals surface area contributed by atoms with Gasteiger partial charge in [0.25, 0.3) is 0 Å². The van der Waals surface area contributed by atoms with Crippen LogP contribution >= 0.6 is 0 Å². The fourth-order valence-electron chi connectivity index (χ4n) is 3.18. The maximum atomic E-state index is 12.9. The first-order chi connectivity index (χ1) is 14.6.